The number of halogens is 1. The first-order valence-corrected chi connectivity index (χ1v) is 7.87. The van der Waals surface area contributed by atoms with Crippen molar-refractivity contribution in [1.82, 2.24) is 0 Å². The Labute approximate surface area is 119 Å². The van der Waals surface area contributed by atoms with Gasteiger partial charge in [-0.3, -0.25) is 0 Å². The molecule has 0 radical (unpaired) electrons. The number of hydrogen-bond donors (Lipinski definition) is 0. The average molecular weight is 323 g/mol. The van der Waals surface area contributed by atoms with E-state index in [0.717, 1.165) is 15.4 Å². The van der Waals surface area contributed by atoms with Gasteiger partial charge in [0.25, 0.3) is 0 Å². The zero-order chi connectivity index (χ0) is 13.1. The van der Waals surface area contributed by atoms with Crippen LogP contribution in [-0.2, 0) is 10.8 Å². The highest BCUT2D eigenvalue weighted by Crippen LogP contribution is 2.29. The second-order valence-corrected chi connectivity index (χ2v) is 7.06. The molecule has 0 saturated heterocycles. The van der Waals surface area contributed by atoms with Crippen molar-refractivity contribution in [1.29, 1.82) is 0 Å². The zero-order valence-corrected chi connectivity index (χ0v) is 12.8. The summed E-state index contributed by atoms with van der Waals surface area (Å²) in [4.78, 5) is 1.93. The largest absolute Gasteiger partial charge is 0.249 e. The van der Waals surface area contributed by atoms with E-state index in [1.165, 1.54) is 5.56 Å². The lowest BCUT2D eigenvalue weighted by atomic mass is 10.2. The highest BCUT2D eigenvalue weighted by Gasteiger charge is 2.14. The first-order chi connectivity index (χ1) is 8.59. The molecular weight excluding hydrogens is 308 g/mol. The maximum absolute atomic E-state index is 12.6. The summed E-state index contributed by atoms with van der Waals surface area (Å²) < 4.78 is 12.6. The molecule has 0 heterocycles. The molecular formula is C15H15BrOS. The molecule has 0 N–H and O–H groups in total. The molecule has 0 amide bonds. The summed E-state index contributed by atoms with van der Waals surface area (Å²) in [7, 11) is -1.12. The first kappa shape index (κ1) is 13.5. The lowest BCUT2D eigenvalue weighted by Gasteiger charge is -2.11. The van der Waals surface area contributed by atoms with Crippen molar-refractivity contribution in [2.45, 2.75) is 28.5 Å². The van der Waals surface area contributed by atoms with Gasteiger partial charge < -0.3 is 0 Å². The second kappa shape index (κ2) is 5.81. The number of aryl methyl sites for hydroxylation is 1. The highest BCUT2D eigenvalue weighted by molar-refractivity contribution is 9.09. The van der Waals surface area contributed by atoms with Crippen LogP contribution in [0.25, 0.3) is 0 Å². The van der Waals surface area contributed by atoms with E-state index in [9.17, 15) is 4.21 Å². The van der Waals surface area contributed by atoms with E-state index >= 15 is 0 Å². The lowest BCUT2D eigenvalue weighted by molar-refractivity contribution is 0.682. The third-order valence-electron chi connectivity index (χ3n) is 2.78. The number of alkyl halides is 1. The van der Waals surface area contributed by atoms with Crippen molar-refractivity contribution < 1.29 is 4.21 Å². The van der Waals surface area contributed by atoms with Crippen LogP contribution in [0.5, 0.6) is 0 Å². The second-order valence-electron chi connectivity index (χ2n) is 4.24. The molecule has 2 aromatic rings. The number of benzene rings is 2. The van der Waals surface area contributed by atoms with Crippen LogP contribution in [0.4, 0.5) is 0 Å². The Morgan fingerprint density at radius 2 is 1.67 bits per heavy atom. The summed E-state index contributed by atoms with van der Waals surface area (Å²) in [6.45, 7) is 4.08. The smallest absolute Gasteiger partial charge is 0.0852 e. The van der Waals surface area contributed by atoms with Crippen molar-refractivity contribution >= 4 is 26.7 Å². The first-order valence-electron chi connectivity index (χ1n) is 5.81. The summed E-state index contributed by atoms with van der Waals surface area (Å²) in [5.74, 6) is 0. The van der Waals surface area contributed by atoms with Gasteiger partial charge in [0.1, 0.15) is 0 Å². The molecule has 0 aliphatic rings. The Hall–Kier alpha value is -0.930. The van der Waals surface area contributed by atoms with E-state index in [1.807, 2.05) is 62.4 Å². The minimum absolute atomic E-state index is 0.197. The van der Waals surface area contributed by atoms with Crippen molar-refractivity contribution in [3.8, 4) is 0 Å². The molecule has 0 aromatic heterocycles. The fourth-order valence-corrected chi connectivity index (χ4v) is 3.62. The fourth-order valence-electron chi connectivity index (χ4n) is 1.77. The lowest BCUT2D eigenvalue weighted by Crippen LogP contribution is -1.98. The van der Waals surface area contributed by atoms with Gasteiger partial charge in [-0.1, -0.05) is 51.8 Å². The van der Waals surface area contributed by atoms with Crippen LogP contribution in [-0.4, -0.2) is 4.21 Å². The van der Waals surface area contributed by atoms with Crippen LogP contribution in [0, 0.1) is 6.92 Å². The van der Waals surface area contributed by atoms with Gasteiger partial charge in [0.05, 0.1) is 10.8 Å². The van der Waals surface area contributed by atoms with Crippen molar-refractivity contribution in [2.24, 2.45) is 0 Å². The molecule has 0 unspecified atom stereocenters. The van der Waals surface area contributed by atoms with Gasteiger partial charge in [0, 0.05) is 14.6 Å². The Balaban J connectivity index is 2.43. The summed E-state index contributed by atoms with van der Waals surface area (Å²) >= 11 is 3.55. The molecule has 0 fully saturated rings. The van der Waals surface area contributed by atoms with E-state index in [0.29, 0.717) is 0 Å². The maximum atomic E-state index is 12.6. The summed E-state index contributed by atoms with van der Waals surface area (Å²) in [6, 6.07) is 15.7. The molecule has 18 heavy (non-hydrogen) atoms. The molecule has 0 bridgehead atoms. The SMILES string of the molecule is Cc1ccc([S@](=O)c2ccccc2[C@@H](C)Br)cc1. The normalized spacial score (nSPS) is 14.2. The van der Waals surface area contributed by atoms with E-state index in [4.69, 9.17) is 0 Å². The molecule has 2 rings (SSSR count). The summed E-state index contributed by atoms with van der Waals surface area (Å²) in [5.41, 5.74) is 2.26. The monoisotopic (exact) mass is 322 g/mol. The molecule has 2 atom stereocenters. The molecule has 0 aliphatic carbocycles. The third kappa shape index (κ3) is 2.90. The van der Waals surface area contributed by atoms with Crippen molar-refractivity contribution in [2.75, 3.05) is 0 Å². The third-order valence-corrected chi connectivity index (χ3v) is 4.75. The van der Waals surface area contributed by atoms with Crippen LogP contribution >= 0.6 is 15.9 Å². The number of rotatable bonds is 3. The van der Waals surface area contributed by atoms with Gasteiger partial charge in [-0.15, -0.1) is 0 Å². The predicted octanol–water partition coefficient (Wildman–Crippen LogP) is 4.62. The van der Waals surface area contributed by atoms with E-state index in [-0.39, 0.29) is 4.83 Å². The molecule has 0 spiro atoms. The van der Waals surface area contributed by atoms with Crippen LogP contribution in [0.15, 0.2) is 58.3 Å². The quantitative estimate of drug-likeness (QED) is 0.754. The van der Waals surface area contributed by atoms with Crippen molar-refractivity contribution in [3.63, 3.8) is 0 Å². The standard InChI is InChI=1S/C15H15BrOS/c1-11-7-9-13(10-8-11)18(17)15-6-4-3-5-14(15)12(2)16/h3-10,12H,1-2H3/t12-,18+/m1/s1. The van der Waals surface area contributed by atoms with Gasteiger partial charge >= 0.3 is 0 Å². The summed E-state index contributed by atoms with van der Waals surface area (Å²) in [5, 5.41) is 0. The van der Waals surface area contributed by atoms with Gasteiger partial charge in [-0.2, -0.15) is 0 Å². The van der Waals surface area contributed by atoms with Gasteiger partial charge in [0.2, 0.25) is 0 Å². The Kier molecular flexibility index (Phi) is 4.36. The van der Waals surface area contributed by atoms with Gasteiger partial charge in [-0.05, 0) is 37.6 Å². The Morgan fingerprint density at radius 1 is 1.06 bits per heavy atom. The molecule has 94 valence electrons. The minimum atomic E-state index is -1.12. The molecule has 1 nitrogen and oxygen atoms in total. The molecule has 2 aromatic carbocycles. The van der Waals surface area contributed by atoms with E-state index < -0.39 is 10.8 Å². The number of hydrogen-bond acceptors (Lipinski definition) is 1. The molecule has 0 aliphatic heterocycles. The zero-order valence-electron chi connectivity index (χ0n) is 10.4. The predicted molar refractivity (Wildman–Crippen MR) is 79.6 cm³/mol. The van der Waals surface area contributed by atoms with Crippen LogP contribution in [0.3, 0.4) is 0 Å². The fraction of sp³-hybridized carbons (Fsp3) is 0.200. The highest BCUT2D eigenvalue weighted by atomic mass is 79.9. The van der Waals surface area contributed by atoms with Crippen molar-refractivity contribution in [3.05, 3.63) is 59.7 Å². The van der Waals surface area contributed by atoms with Gasteiger partial charge in [0.15, 0.2) is 0 Å². The topological polar surface area (TPSA) is 17.1 Å². The summed E-state index contributed by atoms with van der Waals surface area (Å²) in [6.07, 6.45) is 0. The van der Waals surface area contributed by atoms with Crippen LogP contribution in [0.2, 0.25) is 0 Å². The average Bonchev–Trinajstić information content (AvgIpc) is 2.39. The molecule has 0 saturated carbocycles. The Morgan fingerprint density at radius 3 is 2.28 bits per heavy atom. The molecule has 3 heteroatoms. The van der Waals surface area contributed by atoms with Crippen LogP contribution in [0.1, 0.15) is 22.9 Å². The maximum Gasteiger partial charge on any atom is 0.0852 e. The van der Waals surface area contributed by atoms with Crippen LogP contribution < -0.4 is 0 Å². The van der Waals surface area contributed by atoms with Gasteiger partial charge in [-0.25, -0.2) is 4.21 Å². The Bertz CT molecular complexity index is 561. The minimum Gasteiger partial charge on any atom is -0.249 e. The van der Waals surface area contributed by atoms with E-state index in [2.05, 4.69) is 15.9 Å². The van der Waals surface area contributed by atoms with E-state index in [1.54, 1.807) is 0 Å².